The summed E-state index contributed by atoms with van der Waals surface area (Å²) >= 11 is 0. The van der Waals surface area contributed by atoms with Gasteiger partial charge in [0.15, 0.2) is 5.75 Å². The Bertz CT molecular complexity index is 1020. The van der Waals surface area contributed by atoms with Crippen LogP contribution < -0.4 is 9.47 Å². The van der Waals surface area contributed by atoms with Gasteiger partial charge in [-0.15, -0.1) is 10.2 Å². The number of nitrogens with zero attached hydrogens (tertiary/aromatic N) is 7. The Morgan fingerprint density at radius 3 is 2.52 bits per heavy atom. The highest BCUT2D eigenvalue weighted by atomic mass is 16.6. The molecule has 0 radical (unpaired) electrons. The third kappa shape index (κ3) is 3.47. The molecule has 0 atom stereocenters. The standard InChI is InChI=1S/C16H17N7O4/c1-10-5-11(2)22(20-10)16-19-17-9-21(16)18-8-12-6-15(27-4)13(23(24)25)7-14(12)26-3/h5-9H,1-4H3. The van der Waals surface area contributed by atoms with Crippen molar-refractivity contribution in [1.29, 1.82) is 0 Å². The summed E-state index contributed by atoms with van der Waals surface area (Å²) in [5.41, 5.74) is 2.02. The van der Waals surface area contributed by atoms with Crippen LogP contribution >= 0.6 is 0 Å². The molecule has 0 aliphatic carbocycles. The van der Waals surface area contributed by atoms with E-state index in [0.717, 1.165) is 11.4 Å². The minimum absolute atomic E-state index is 0.102. The van der Waals surface area contributed by atoms with Crippen LogP contribution in [0.4, 0.5) is 5.69 Å². The molecule has 0 bridgehead atoms. The van der Waals surface area contributed by atoms with Crippen LogP contribution in [0.3, 0.4) is 0 Å². The van der Waals surface area contributed by atoms with Gasteiger partial charge in [0.05, 0.1) is 37.1 Å². The molecule has 0 unspecified atom stereocenters. The number of rotatable bonds is 6. The second-order valence-corrected chi connectivity index (χ2v) is 5.58. The second kappa shape index (κ2) is 7.23. The molecule has 140 valence electrons. The number of nitro groups is 1. The molecule has 3 aromatic rings. The van der Waals surface area contributed by atoms with Gasteiger partial charge in [-0.1, -0.05) is 0 Å². The van der Waals surface area contributed by atoms with Gasteiger partial charge in [-0.25, -0.2) is 4.68 Å². The Hall–Kier alpha value is -3.76. The highest BCUT2D eigenvalue weighted by Gasteiger charge is 2.19. The first-order valence-electron chi connectivity index (χ1n) is 7.83. The van der Waals surface area contributed by atoms with Crippen molar-refractivity contribution in [2.24, 2.45) is 5.10 Å². The number of benzene rings is 1. The second-order valence-electron chi connectivity index (χ2n) is 5.58. The lowest BCUT2D eigenvalue weighted by Crippen LogP contribution is -2.07. The zero-order chi connectivity index (χ0) is 19.6. The van der Waals surface area contributed by atoms with Crippen molar-refractivity contribution >= 4 is 11.9 Å². The molecule has 11 heteroatoms. The number of ether oxygens (including phenoxy) is 2. The van der Waals surface area contributed by atoms with Crippen molar-refractivity contribution in [1.82, 2.24) is 24.7 Å². The fourth-order valence-electron chi connectivity index (χ4n) is 2.55. The number of methoxy groups -OCH3 is 2. The number of nitro benzene ring substituents is 1. The van der Waals surface area contributed by atoms with Gasteiger partial charge in [-0.2, -0.15) is 14.9 Å². The molecular weight excluding hydrogens is 354 g/mol. The Morgan fingerprint density at radius 2 is 1.93 bits per heavy atom. The highest BCUT2D eigenvalue weighted by Crippen LogP contribution is 2.33. The molecule has 2 aromatic heterocycles. The average Bonchev–Trinajstić information content (AvgIpc) is 3.24. The van der Waals surface area contributed by atoms with Gasteiger partial charge in [0.25, 0.3) is 5.95 Å². The van der Waals surface area contributed by atoms with E-state index in [1.807, 2.05) is 19.9 Å². The number of aromatic nitrogens is 5. The zero-order valence-electron chi connectivity index (χ0n) is 15.2. The molecule has 27 heavy (non-hydrogen) atoms. The van der Waals surface area contributed by atoms with Gasteiger partial charge in [0.1, 0.15) is 12.1 Å². The van der Waals surface area contributed by atoms with E-state index in [4.69, 9.17) is 9.47 Å². The van der Waals surface area contributed by atoms with E-state index in [1.54, 1.807) is 4.68 Å². The Labute approximate surface area is 154 Å². The van der Waals surface area contributed by atoms with E-state index >= 15 is 0 Å². The van der Waals surface area contributed by atoms with Crippen LogP contribution in [0.1, 0.15) is 17.0 Å². The first kappa shape index (κ1) is 18.0. The normalized spacial score (nSPS) is 11.1. The SMILES string of the molecule is COc1cc([N+](=O)[O-])c(OC)cc1C=Nn1cnnc1-n1nc(C)cc1C. The molecule has 0 aliphatic rings. The van der Waals surface area contributed by atoms with E-state index in [1.165, 1.54) is 43.6 Å². The molecule has 0 aliphatic heterocycles. The monoisotopic (exact) mass is 371 g/mol. The summed E-state index contributed by atoms with van der Waals surface area (Å²) in [5.74, 6) is 0.793. The quantitative estimate of drug-likeness (QED) is 0.368. The number of hydrogen-bond acceptors (Lipinski definition) is 8. The van der Waals surface area contributed by atoms with Crippen LogP contribution in [0, 0.1) is 24.0 Å². The van der Waals surface area contributed by atoms with Crippen LogP contribution in [0.15, 0.2) is 29.6 Å². The van der Waals surface area contributed by atoms with Gasteiger partial charge >= 0.3 is 5.69 Å². The third-order valence-electron chi connectivity index (χ3n) is 3.76. The van der Waals surface area contributed by atoms with E-state index in [0.29, 0.717) is 11.5 Å². The molecule has 3 rings (SSSR count). The Balaban J connectivity index is 2.01. The maximum atomic E-state index is 11.1. The molecule has 0 amide bonds. The van der Waals surface area contributed by atoms with Crippen molar-refractivity contribution in [2.75, 3.05) is 14.2 Å². The predicted molar refractivity (Wildman–Crippen MR) is 95.8 cm³/mol. The van der Waals surface area contributed by atoms with Crippen LogP contribution in [0.2, 0.25) is 0 Å². The molecule has 0 saturated heterocycles. The van der Waals surface area contributed by atoms with Crippen LogP contribution in [-0.4, -0.2) is 50.0 Å². The summed E-state index contributed by atoms with van der Waals surface area (Å²) in [4.78, 5) is 10.6. The minimum atomic E-state index is -0.539. The summed E-state index contributed by atoms with van der Waals surface area (Å²) < 4.78 is 13.4. The van der Waals surface area contributed by atoms with E-state index in [-0.39, 0.29) is 17.2 Å². The van der Waals surface area contributed by atoms with E-state index in [2.05, 4.69) is 20.4 Å². The van der Waals surface area contributed by atoms with Crippen molar-refractivity contribution < 1.29 is 14.4 Å². The lowest BCUT2D eigenvalue weighted by atomic mass is 10.2. The highest BCUT2D eigenvalue weighted by molar-refractivity contribution is 5.85. The average molecular weight is 371 g/mol. The molecule has 0 N–H and O–H groups in total. The van der Waals surface area contributed by atoms with Gasteiger partial charge < -0.3 is 9.47 Å². The molecule has 0 fully saturated rings. The van der Waals surface area contributed by atoms with Crippen molar-refractivity contribution in [3.8, 4) is 17.4 Å². The van der Waals surface area contributed by atoms with Crippen molar-refractivity contribution in [3.63, 3.8) is 0 Å². The number of hydrogen-bond donors (Lipinski definition) is 0. The molecule has 2 heterocycles. The lowest BCUT2D eigenvalue weighted by Gasteiger charge is -2.08. The van der Waals surface area contributed by atoms with E-state index in [9.17, 15) is 10.1 Å². The molecule has 11 nitrogen and oxygen atoms in total. The smallest absolute Gasteiger partial charge is 0.314 e. The first-order chi connectivity index (χ1) is 12.9. The van der Waals surface area contributed by atoms with Crippen LogP contribution in [-0.2, 0) is 0 Å². The predicted octanol–water partition coefficient (Wildman–Crippen LogP) is 1.89. The fourth-order valence-corrected chi connectivity index (χ4v) is 2.55. The van der Waals surface area contributed by atoms with Gasteiger partial charge in [-0.3, -0.25) is 10.1 Å². The van der Waals surface area contributed by atoms with Crippen molar-refractivity contribution in [3.05, 3.63) is 51.6 Å². The Kier molecular flexibility index (Phi) is 4.83. The summed E-state index contributed by atoms with van der Waals surface area (Å²) in [6, 6.07) is 4.68. The summed E-state index contributed by atoms with van der Waals surface area (Å²) in [7, 11) is 2.78. The lowest BCUT2D eigenvalue weighted by molar-refractivity contribution is -0.385. The van der Waals surface area contributed by atoms with E-state index < -0.39 is 4.92 Å². The van der Waals surface area contributed by atoms with Gasteiger partial charge in [0, 0.05) is 11.3 Å². The molecule has 0 spiro atoms. The minimum Gasteiger partial charge on any atom is -0.496 e. The summed E-state index contributed by atoms with van der Waals surface area (Å²) in [6.45, 7) is 3.77. The molecule has 1 aromatic carbocycles. The largest absolute Gasteiger partial charge is 0.496 e. The molecule has 0 saturated carbocycles. The Morgan fingerprint density at radius 1 is 1.19 bits per heavy atom. The van der Waals surface area contributed by atoms with Crippen molar-refractivity contribution in [2.45, 2.75) is 13.8 Å². The van der Waals surface area contributed by atoms with Gasteiger partial charge in [-0.05, 0) is 26.0 Å². The third-order valence-corrected chi connectivity index (χ3v) is 3.76. The fraction of sp³-hybridized carbons (Fsp3) is 0.250. The van der Waals surface area contributed by atoms with Crippen LogP contribution in [0.5, 0.6) is 11.5 Å². The molecular formula is C16H17N7O4. The summed E-state index contributed by atoms with van der Waals surface area (Å²) in [6.07, 6.45) is 2.90. The maximum absolute atomic E-state index is 11.1. The first-order valence-corrected chi connectivity index (χ1v) is 7.83. The zero-order valence-corrected chi connectivity index (χ0v) is 15.2. The topological polar surface area (TPSA) is 122 Å². The summed E-state index contributed by atoms with van der Waals surface area (Å²) in [5, 5.41) is 27.7. The maximum Gasteiger partial charge on any atom is 0.314 e. The number of aryl methyl sites for hydroxylation is 2. The van der Waals surface area contributed by atoms with Crippen LogP contribution in [0.25, 0.3) is 5.95 Å². The van der Waals surface area contributed by atoms with Gasteiger partial charge in [0.2, 0.25) is 0 Å².